The maximum atomic E-state index is 7.24. The molecule has 0 bridgehead atoms. The molecule has 0 spiro atoms. The number of alkyl halides is 3. The van der Waals surface area contributed by atoms with Crippen LogP contribution in [0.1, 0.15) is 13.8 Å². The molecule has 76 valence electrons. The Morgan fingerprint density at radius 3 is 2.38 bits per heavy atom. The molecule has 0 aromatic carbocycles. The molecular formula is C7H10Cl3NO2. The zero-order chi connectivity index (χ0) is 10.3. The standard InChI is InChI=1S/C7H10Cl3NO2/c1-4-6(2,13-4)3-12-5(11)7(8,9)10/h4,11H,3H2,1-2H3/t4-,6+/m0/s1. The topological polar surface area (TPSA) is 45.6 Å². The van der Waals surface area contributed by atoms with E-state index in [1.807, 2.05) is 13.8 Å². The lowest BCUT2D eigenvalue weighted by Gasteiger charge is -2.15. The molecule has 1 N–H and O–H groups in total. The number of hydrogen-bond acceptors (Lipinski definition) is 3. The van der Waals surface area contributed by atoms with E-state index in [2.05, 4.69) is 0 Å². The van der Waals surface area contributed by atoms with E-state index < -0.39 is 3.79 Å². The van der Waals surface area contributed by atoms with Gasteiger partial charge >= 0.3 is 0 Å². The van der Waals surface area contributed by atoms with Gasteiger partial charge in [0.1, 0.15) is 12.2 Å². The lowest BCUT2D eigenvalue weighted by Crippen LogP contribution is -2.27. The molecule has 1 saturated heterocycles. The van der Waals surface area contributed by atoms with Gasteiger partial charge in [-0.1, -0.05) is 34.8 Å². The quantitative estimate of drug-likeness (QED) is 0.352. The molecule has 0 radical (unpaired) electrons. The monoisotopic (exact) mass is 245 g/mol. The van der Waals surface area contributed by atoms with Crippen molar-refractivity contribution in [3.8, 4) is 0 Å². The molecule has 6 heteroatoms. The molecule has 0 amide bonds. The Labute approximate surface area is 91.7 Å². The van der Waals surface area contributed by atoms with Crippen molar-refractivity contribution in [2.75, 3.05) is 6.61 Å². The van der Waals surface area contributed by atoms with Crippen molar-refractivity contribution in [3.05, 3.63) is 0 Å². The summed E-state index contributed by atoms with van der Waals surface area (Å²) < 4.78 is 8.40. The molecule has 1 heterocycles. The molecular weight excluding hydrogens is 236 g/mol. The molecule has 0 saturated carbocycles. The second-order valence-corrected chi connectivity index (χ2v) is 5.47. The summed E-state index contributed by atoms with van der Waals surface area (Å²) in [6.45, 7) is 4.03. The van der Waals surface area contributed by atoms with Crippen LogP contribution in [0.2, 0.25) is 0 Å². The molecule has 0 aliphatic carbocycles. The molecule has 0 aromatic rings. The Balaban J connectivity index is 2.32. The molecule has 3 nitrogen and oxygen atoms in total. The average Bonchev–Trinajstić information content (AvgIpc) is 2.54. The summed E-state index contributed by atoms with van der Waals surface area (Å²) in [4.78, 5) is 0. The summed E-state index contributed by atoms with van der Waals surface area (Å²) in [6, 6.07) is 0. The first-order valence-corrected chi connectivity index (χ1v) is 4.85. The fourth-order valence-electron chi connectivity index (χ4n) is 0.818. The van der Waals surface area contributed by atoms with Crippen molar-refractivity contribution >= 4 is 40.7 Å². The van der Waals surface area contributed by atoms with Gasteiger partial charge in [-0.05, 0) is 13.8 Å². The largest absolute Gasteiger partial charge is 0.475 e. The number of nitrogens with one attached hydrogen (secondary N) is 1. The molecule has 13 heavy (non-hydrogen) atoms. The minimum absolute atomic E-state index is 0.135. The molecule has 0 aromatic heterocycles. The van der Waals surface area contributed by atoms with Crippen LogP contribution in [0.15, 0.2) is 0 Å². The van der Waals surface area contributed by atoms with Crippen LogP contribution < -0.4 is 0 Å². The van der Waals surface area contributed by atoms with Gasteiger partial charge in [-0.25, -0.2) is 0 Å². The van der Waals surface area contributed by atoms with Gasteiger partial charge in [0, 0.05) is 0 Å². The van der Waals surface area contributed by atoms with Gasteiger partial charge in [0.15, 0.2) is 0 Å². The van der Waals surface area contributed by atoms with E-state index in [0.717, 1.165) is 0 Å². The minimum atomic E-state index is -1.78. The van der Waals surface area contributed by atoms with Gasteiger partial charge in [0.05, 0.1) is 6.10 Å². The predicted octanol–water partition coefficient (Wildman–Crippen LogP) is 2.53. The van der Waals surface area contributed by atoms with E-state index in [9.17, 15) is 0 Å². The molecule has 1 rings (SSSR count). The summed E-state index contributed by atoms with van der Waals surface area (Å²) >= 11 is 16.2. The maximum absolute atomic E-state index is 7.24. The zero-order valence-corrected chi connectivity index (χ0v) is 9.50. The summed E-state index contributed by atoms with van der Waals surface area (Å²) in [5.41, 5.74) is -0.331. The second-order valence-electron chi connectivity index (χ2n) is 3.19. The highest BCUT2D eigenvalue weighted by molar-refractivity contribution is 6.76. The van der Waals surface area contributed by atoms with Crippen LogP contribution in [0, 0.1) is 5.41 Å². The van der Waals surface area contributed by atoms with Gasteiger partial charge < -0.3 is 9.47 Å². The van der Waals surface area contributed by atoms with Crippen LogP contribution in [0.4, 0.5) is 0 Å². The highest BCUT2D eigenvalue weighted by Gasteiger charge is 2.50. The highest BCUT2D eigenvalue weighted by Crippen LogP contribution is 2.36. The van der Waals surface area contributed by atoms with E-state index in [1.165, 1.54) is 0 Å². The Bertz CT molecular complexity index is 228. The van der Waals surface area contributed by atoms with Crippen molar-refractivity contribution < 1.29 is 9.47 Å². The lowest BCUT2D eigenvalue weighted by molar-refractivity contribution is 0.189. The van der Waals surface area contributed by atoms with Crippen LogP contribution in [-0.4, -0.2) is 28.0 Å². The first kappa shape index (κ1) is 11.4. The van der Waals surface area contributed by atoms with Gasteiger partial charge in [-0.2, -0.15) is 0 Å². The van der Waals surface area contributed by atoms with Crippen LogP contribution in [-0.2, 0) is 9.47 Å². The summed E-state index contributed by atoms with van der Waals surface area (Å²) in [6.07, 6.45) is 0.135. The Morgan fingerprint density at radius 2 is 2.08 bits per heavy atom. The van der Waals surface area contributed by atoms with Crippen molar-refractivity contribution in [2.45, 2.75) is 29.3 Å². The number of rotatable bonds is 2. The fourth-order valence-corrected chi connectivity index (χ4v) is 0.982. The Kier molecular flexibility index (Phi) is 3.03. The number of hydrogen-bond donors (Lipinski definition) is 1. The number of ether oxygens (including phenoxy) is 2. The molecule has 1 aliphatic heterocycles. The molecule has 1 fully saturated rings. The van der Waals surface area contributed by atoms with Crippen molar-refractivity contribution in [1.29, 1.82) is 5.41 Å². The molecule has 2 atom stereocenters. The first-order chi connectivity index (χ1) is 5.76. The molecule has 1 aliphatic rings. The zero-order valence-electron chi connectivity index (χ0n) is 7.23. The van der Waals surface area contributed by atoms with Crippen LogP contribution in [0.3, 0.4) is 0 Å². The van der Waals surface area contributed by atoms with Crippen molar-refractivity contribution in [1.82, 2.24) is 0 Å². The minimum Gasteiger partial charge on any atom is -0.475 e. The number of epoxide rings is 1. The van der Waals surface area contributed by atoms with Crippen LogP contribution in [0.25, 0.3) is 0 Å². The third-order valence-electron chi connectivity index (χ3n) is 2.01. The van der Waals surface area contributed by atoms with Gasteiger partial charge in [0.25, 0.3) is 3.79 Å². The first-order valence-electron chi connectivity index (χ1n) is 3.72. The van der Waals surface area contributed by atoms with E-state index in [4.69, 9.17) is 49.7 Å². The van der Waals surface area contributed by atoms with Crippen molar-refractivity contribution in [2.24, 2.45) is 0 Å². The van der Waals surface area contributed by atoms with Crippen molar-refractivity contribution in [3.63, 3.8) is 0 Å². The summed E-state index contributed by atoms with van der Waals surface area (Å²) in [7, 11) is 0. The van der Waals surface area contributed by atoms with Gasteiger partial charge in [-0.3, -0.25) is 5.41 Å². The second kappa shape index (κ2) is 3.46. The van der Waals surface area contributed by atoms with E-state index in [-0.39, 0.29) is 24.2 Å². The van der Waals surface area contributed by atoms with Crippen LogP contribution >= 0.6 is 34.8 Å². The third kappa shape index (κ3) is 2.88. The Hall–Kier alpha value is 0.300. The third-order valence-corrected chi connectivity index (χ3v) is 2.52. The SMILES string of the molecule is C[C@@H]1O[C@]1(C)COC(=N)C(Cl)(Cl)Cl. The lowest BCUT2D eigenvalue weighted by atomic mass is 10.1. The fraction of sp³-hybridized carbons (Fsp3) is 0.857. The van der Waals surface area contributed by atoms with Gasteiger partial charge in [-0.15, -0.1) is 0 Å². The normalized spacial score (nSPS) is 32.8. The number of halogens is 3. The average molecular weight is 247 g/mol. The summed E-state index contributed by atoms with van der Waals surface area (Å²) in [5, 5.41) is 7.24. The van der Waals surface area contributed by atoms with E-state index in [1.54, 1.807) is 0 Å². The van der Waals surface area contributed by atoms with Crippen LogP contribution in [0.5, 0.6) is 0 Å². The van der Waals surface area contributed by atoms with Gasteiger partial charge in [0.2, 0.25) is 5.90 Å². The Morgan fingerprint density at radius 1 is 1.62 bits per heavy atom. The maximum Gasteiger partial charge on any atom is 0.265 e. The molecule has 0 unspecified atom stereocenters. The summed E-state index contributed by atoms with van der Waals surface area (Å²) in [5.74, 6) is -0.374. The smallest absolute Gasteiger partial charge is 0.265 e. The predicted molar refractivity (Wildman–Crippen MR) is 52.9 cm³/mol. The van der Waals surface area contributed by atoms with E-state index in [0.29, 0.717) is 0 Å². The highest BCUT2D eigenvalue weighted by atomic mass is 35.6. The van der Waals surface area contributed by atoms with E-state index >= 15 is 0 Å².